The van der Waals surface area contributed by atoms with Gasteiger partial charge in [-0.2, -0.15) is 0 Å². The maximum absolute atomic E-state index is 12.2. The minimum Gasteiger partial charge on any atom is -0.493 e. The third-order valence-electron chi connectivity index (χ3n) is 3.39. The second-order valence-electron chi connectivity index (χ2n) is 5.06. The molecule has 0 fully saturated rings. The van der Waals surface area contributed by atoms with Crippen molar-refractivity contribution in [2.45, 2.75) is 6.54 Å². The zero-order chi connectivity index (χ0) is 19.3. The summed E-state index contributed by atoms with van der Waals surface area (Å²) < 4.78 is 10.4. The maximum atomic E-state index is 12.2. The molecule has 9 heteroatoms. The normalized spacial score (nSPS) is 10.2. The van der Waals surface area contributed by atoms with Crippen molar-refractivity contribution in [3.63, 3.8) is 0 Å². The molecule has 1 amide bonds. The van der Waals surface area contributed by atoms with Gasteiger partial charge in [-0.15, -0.1) is 0 Å². The van der Waals surface area contributed by atoms with E-state index in [9.17, 15) is 4.79 Å². The van der Waals surface area contributed by atoms with Gasteiger partial charge in [0.15, 0.2) is 16.6 Å². The first-order valence-corrected chi connectivity index (χ1v) is 8.84. The minimum absolute atomic E-state index is 0.131. The van der Waals surface area contributed by atoms with Gasteiger partial charge in [0.05, 0.1) is 24.8 Å². The largest absolute Gasteiger partial charge is 0.493 e. The molecule has 0 spiro atoms. The summed E-state index contributed by atoms with van der Waals surface area (Å²) >= 11 is 23.2. The molecule has 2 aromatic carbocycles. The molecule has 26 heavy (non-hydrogen) atoms. The van der Waals surface area contributed by atoms with Crippen molar-refractivity contribution < 1.29 is 14.3 Å². The van der Waals surface area contributed by atoms with Crippen molar-refractivity contribution in [1.82, 2.24) is 10.6 Å². The van der Waals surface area contributed by atoms with Crippen LogP contribution in [0.3, 0.4) is 0 Å². The second kappa shape index (κ2) is 9.28. The number of rotatable bonds is 5. The van der Waals surface area contributed by atoms with Gasteiger partial charge in [0.1, 0.15) is 0 Å². The van der Waals surface area contributed by atoms with E-state index in [4.69, 9.17) is 56.5 Å². The smallest absolute Gasteiger partial charge is 0.258 e. The number of halogens is 3. The van der Waals surface area contributed by atoms with Gasteiger partial charge in [-0.1, -0.05) is 34.8 Å². The molecule has 138 valence electrons. The predicted molar refractivity (Wildman–Crippen MR) is 108 cm³/mol. The molecule has 0 atom stereocenters. The second-order valence-corrected chi connectivity index (χ2v) is 6.72. The van der Waals surface area contributed by atoms with Gasteiger partial charge in [0.25, 0.3) is 5.91 Å². The first-order chi connectivity index (χ1) is 12.3. The Kier molecular flexibility index (Phi) is 7.34. The number of carbonyl (C=O) groups is 1. The van der Waals surface area contributed by atoms with Crippen molar-refractivity contribution in [2.24, 2.45) is 0 Å². The van der Waals surface area contributed by atoms with Crippen LogP contribution in [-0.4, -0.2) is 25.2 Å². The van der Waals surface area contributed by atoms with E-state index in [1.54, 1.807) is 18.2 Å². The lowest BCUT2D eigenvalue weighted by Crippen LogP contribution is -2.39. The van der Waals surface area contributed by atoms with Gasteiger partial charge in [0, 0.05) is 22.7 Å². The Morgan fingerprint density at radius 3 is 2.31 bits per heavy atom. The van der Waals surface area contributed by atoms with E-state index < -0.39 is 5.91 Å². The number of hydrogen-bond acceptors (Lipinski definition) is 4. The number of thiocarbonyl (C=S) groups is 1. The fraction of sp³-hybridized carbons (Fsp3) is 0.176. The summed E-state index contributed by atoms with van der Waals surface area (Å²) in [5, 5.41) is 6.75. The van der Waals surface area contributed by atoms with Crippen LogP contribution in [0.2, 0.25) is 15.1 Å². The molecular formula is C17H15Cl3N2O3S. The van der Waals surface area contributed by atoms with Gasteiger partial charge >= 0.3 is 0 Å². The zero-order valence-corrected chi connectivity index (χ0v) is 16.9. The number of amides is 1. The monoisotopic (exact) mass is 432 g/mol. The minimum atomic E-state index is -0.442. The molecule has 2 rings (SSSR count). The number of carbonyl (C=O) groups excluding carboxylic acids is 1. The third-order valence-corrected chi connectivity index (χ3v) is 4.54. The zero-order valence-electron chi connectivity index (χ0n) is 13.9. The maximum Gasteiger partial charge on any atom is 0.258 e. The molecule has 0 aliphatic heterocycles. The highest BCUT2D eigenvalue weighted by atomic mass is 35.5. The van der Waals surface area contributed by atoms with Crippen LogP contribution in [0.5, 0.6) is 11.5 Å². The molecule has 0 unspecified atom stereocenters. The summed E-state index contributed by atoms with van der Waals surface area (Å²) in [6.45, 7) is 0.284. The summed E-state index contributed by atoms with van der Waals surface area (Å²) in [6, 6.07) is 7.95. The van der Waals surface area contributed by atoms with E-state index in [1.807, 2.05) is 0 Å². The molecule has 0 saturated heterocycles. The quantitative estimate of drug-likeness (QED) is 0.681. The lowest BCUT2D eigenvalue weighted by molar-refractivity contribution is 0.0977. The summed E-state index contributed by atoms with van der Waals surface area (Å²) in [6.07, 6.45) is 0. The Hall–Kier alpha value is -1.73. The standard InChI is InChI=1S/C17H15Cl3N2O3S/c1-24-14-5-9(12(19)7-15(14)25-2)8-21-17(26)22-16(23)11-4-3-10(18)6-13(11)20/h3-7H,8H2,1-2H3,(H2,21,22,23,26). The van der Waals surface area contributed by atoms with Gasteiger partial charge in [-0.05, 0) is 42.0 Å². The molecule has 5 nitrogen and oxygen atoms in total. The van der Waals surface area contributed by atoms with Crippen molar-refractivity contribution in [3.05, 3.63) is 56.5 Å². The SMILES string of the molecule is COc1cc(Cl)c(CNC(=S)NC(=O)c2ccc(Cl)cc2Cl)cc1OC. The molecule has 0 aliphatic carbocycles. The molecule has 0 aromatic heterocycles. The van der Waals surface area contributed by atoms with Crippen LogP contribution < -0.4 is 20.1 Å². The Bertz CT molecular complexity index is 846. The fourth-order valence-electron chi connectivity index (χ4n) is 2.10. The Morgan fingerprint density at radius 1 is 1.04 bits per heavy atom. The molecule has 0 saturated carbocycles. The number of methoxy groups -OCH3 is 2. The highest BCUT2D eigenvalue weighted by molar-refractivity contribution is 7.80. The lowest BCUT2D eigenvalue weighted by atomic mass is 10.2. The van der Waals surface area contributed by atoms with Crippen LogP contribution in [-0.2, 0) is 6.54 Å². The number of hydrogen-bond donors (Lipinski definition) is 2. The highest BCUT2D eigenvalue weighted by Gasteiger charge is 2.13. The van der Waals surface area contributed by atoms with Crippen LogP contribution in [0, 0.1) is 0 Å². The van der Waals surface area contributed by atoms with Crippen molar-refractivity contribution in [1.29, 1.82) is 0 Å². The van der Waals surface area contributed by atoms with E-state index in [0.29, 0.717) is 21.5 Å². The van der Waals surface area contributed by atoms with Gasteiger partial charge in [-0.3, -0.25) is 10.1 Å². The fourth-order valence-corrected chi connectivity index (χ4v) is 2.98. The van der Waals surface area contributed by atoms with Crippen LogP contribution >= 0.6 is 47.0 Å². The van der Waals surface area contributed by atoms with Crippen LogP contribution in [0.1, 0.15) is 15.9 Å². The van der Waals surface area contributed by atoms with E-state index in [2.05, 4.69) is 10.6 Å². The molecule has 2 aromatic rings. The van der Waals surface area contributed by atoms with Crippen LogP contribution in [0.25, 0.3) is 0 Å². The molecule has 0 heterocycles. The average Bonchev–Trinajstić information content (AvgIpc) is 2.60. The summed E-state index contributed by atoms with van der Waals surface area (Å²) in [5.41, 5.74) is 0.995. The first kappa shape index (κ1) is 20.6. The third kappa shape index (κ3) is 5.14. The average molecular weight is 434 g/mol. The number of benzene rings is 2. The van der Waals surface area contributed by atoms with E-state index in [0.717, 1.165) is 5.56 Å². The van der Waals surface area contributed by atoms with E-state index in [1.165, 1.54) is 26.4 Å². The predicted octanol–water partition coefficient (Wildman–Crippen LogP) is 4.47. The molecular weight excluding hydrogens is 419 g/mol. The molecule has 0 aliphatic rings. The van der Waals surface area contributed by atoms with Gasteiger partial charge in [0.2, 0.25) is 0 Å². The Morgan fingerprint density at radius 2 is 1.69 bits per heavy atom. The van der Waals surface area contributed by atoms with Crippen LogP contribution in [0.15, 0.2) is 30.3 Å². The Balaban J connectivity index is 2.01. The highest BCUT2D eigenvalue weighted by Crippen LogP contribution is 2.33. The first-order valence-electron chi connectivity index (χ1n) is 7.30. The molecule has 2 N–H and O–H groups in total. The Labute approximate surface area is 171 Å². The lowest BCUT2D eigenvalue weighted by Gasteiger charge is -2.14. The van der Waals surface area contributed by atoms with E-state index in [-0.39, 0.29) is 22.2 Å². The number of ether oxygens (including phenoxy) is 2. The van der Waals surface area contributed by atoms with Gasteiger partial charge in [-0.25, -0.2) is 0 Å². The summed E-state index contributed by atoms with van der Waals surface area (Å²) in [7, 11) is 3.06. The number of nitrogens with one attached hydrogen (secondary N) is 2. The summed E-state index contributed by atoms with van der Waals surface area (Å²) in [5.74, 6) is 0.619. The molecule has 0 radical (unpaired) electrons. The van der Waals surface area contributed by atoms with E-state index >= 15 is 0 Å². The van der Waals surface area contributed by atoms with Crippen molar-refractivity contribution in [2.75, 3.05) is 14.2 Å². The topological polar surface area (TPSA) is 59.6 Å². The van der Waals surface area contributed by atoms with Crippen molar-refractivity contribution >= 4 is 58.0 Å². The van der Waals surface area contributed by atoms with Crippen molar-refractivity contribution in [3.8, 4) is 11.5 Å². The molecule has 0 bridgehead atoms. The van der Waals surface area contributed by atoms with Crippen LogP contribution in [0.4, 0.5) is 0 Å². The van der Waals surface area contributed by atoms with Gasteiger partial charge < -0.3 is 14.8 Å². The summed E-state index contributed by atoms with van der Waals surface area (Å²) in [4.78, 5) is 12.2.